The Balaban J connectivity index is 2.96. The van der Waals surface area contributed by atoms with Crippen LogP contribution in [0.25, 0.3) is 5.57 Å². The highest BCUT2D eigenvalue weighted by atomic mass is 19.1. The molecule has 0 amide bonds. The van der Waals surface area contributed by atoms with E-state index >= 15 is 0 Å². The number of pyridine rings is 1. The standard InChI is InChI=1S/C10H10FN/c1-3-4-8(2)9-5-10(11)7-12-6-9/h3-7H,2H2,1H3/b4-3-. The van der Waals surface area contributed by atoms with Crippen LogP contribution in [0.15, 0.2) is 37.2 Å². The summed E-state index contributed by atoms with van der Waals surface area (Å²) in [5, 5.41) is 0. The molecule has 0 aliphatic rings. The van der Waals surface area contributed by atoms with Crippen LogP contribution in [0.4, 0.5) is 4.39 Å². The van der Waals surface area contributed by atoms with Gasteiger partial charge < -0.3 is 0 Å². The summed E-state index contributed by atoms with van der Waals surface area (Å²) in [7, 11) is 0. The van der Waals surface area contributed by atoms with Crippen LogP contribution < -0.4 is 0 Å². The highest BCUT2D eigenvalue weighted by molar-refractivity contribution is 5.71. The van der Waals surface area contributed by atoms with E-state index in [1.54, 1.807) is 6.20 Å². The molecule has 0 radical (unpaired) electrons. The average Bonchev–Trinajstić information content (AvgIpc) is 2.05. The van der Waals surface area contributed by atoms with Crippen LogP contribution in [0.1, 0.15) is 12.5 Å². The number of rotatable bonds is 2. The minimum absolute atomic E-state index is 0.335. The summed E-state index contributed by atoms with van der Waals surface area (Å²) in [5.74, 6) is -0.335. The van der Waals surface area contributed by atoms with Gasteiger partial charge in [-0.1, -0.05) is 18.7 Å². The first kappa shape index (κ1) is 8.65. The molecular formula is C10H10FN. The van der Waals surface area contributed by atoms with E-state index in [2.05, 4.69) is 11.6 Å². The van der Waals surface area contributed by atoms with Gasteiger partial charge >= 0.3 is 0 Å². The van der Waals surface area contributed by atoms with Gasteiger partial charge in [-0.15, -0.1) is 0 Å². The fourth-order valence-electron chi connectivity index (χ4n) is 0.885. The van der Waals surface area contributed by atoms with Crippen LogP contribution in [-0.2, 0) is 0 Å². The van der Waals surface area contributed by atoms with E-state index in [1.165, 1.54) is 12.3 Å². The Morgan fingerprint density at radius 3 is 2.92 bits per heavy atom. The minimum atomic E-state index is -0.335. The zero-order chi connectivity index (χ0) is 8.97. The molecule has 0 unspecified atom stereocenters. The van der Waals surface area contributed by atoms with E-state index in [0.29, 0.717) is 5.56 Å². The van der Waals surface area contributed by atoms with Gasteiger partial charge in [0, 0.05) is 11.8 Å². The largest absolute Gasteiger partial charge is 0.261 e. The van der Waals surface area contributed by atoms with Crippen molar-refractivity contribution < 1.29 is 4.39 Å². The van der Waals surface area contributed by atoms with Crippen molar-refractivity contribution in [3.63, 3.8) is 0 Å². The maximum absolute atomic E-state index is 12.6. The Labute approximate surface area is 71.3 Å². The lowest BCUT2D eigenvalue weighted by atomic mass is 10.1. The smallest absolute Gasteiger partial charge is 0.142 e. The highest BCUT2D eigenvalue weighted by Gasteiger charge is 1.96. The fourth-order valence-corrected chi connectivity index (χ4v) is 0.885. The van der Waals surface area contributed by atoms with E-state index < -0.39 is 0 Å². The first-order valence-corrected chi connectivity index (χ1v) is 3.66. The van der Waals surface area contributed by atoms with E-state index in [4.69, 9.17) is 0 Å². The summed E-state index contributed by atoms with van der Waals surface area (Å²) in [6.07, 6.45) is 6.43. The van der Waals surface area contributed by atoms with Gasteiger partial charge in [0.05, 0.1) is 6.20 Å². The molecular weight excluding hydrogens is 153 g/mol. The summed E-state index contributed by atoms with van der Waals surface area (Å²) in [4.78, 5) is 3.72. The minimum Gasteiger partial charge on any atom is -0.261 e. The van der Waals surface area contributed by atoms with Gasteiger partial charge in [-0.3, -0.25) is 4.98 Å². The second-order valence-corrected chi connectivity index (χ2v) is 2.42. The highest BCUT2D eigenvalue weighted by Crippen LogP contribution is 2.12. The number of allylic oxidation sites excluding steroid dienone is 3. The van der Waals surface area contributed by atoms with Crippen LogP contribution >= 0.6 is 0 Å². The van der Waals surface area contributed by atoms with Crippen LogP contribution in [0, 0.1) is 5.82 Å². The second-order valence-electron chi connectivity index (χ2n) is 2.42. The molecule has 12 heavy (non-hydrogen) atoms. The molecule has 1 aromatic heterocycles. The molecule has 0 atom stereocenters. The predicted octanol–water partition coefficient (Wildman–Crippen LogP) is 2.81. The predicted molar refractivity (Wildman–Crippen MR) is 48.0 cm³/mol. The molecule has 1 heterocycles. The molecule has 0 aliphatic carbocycles. The van der Waals surface area contributed by atoms with Crippen molar-refractivity contribution >= 4 is 5.57 Å². The Bertz CT molecular complexity index is 315. The van der Waals surface area contributed by atoms with Crippen molar-refractivity contribution in [2.75, 3.05) is 0 Å². The van der Waals surface area contributed by atoms with Gasteiger partial charge in [-0.2, -0.15) is 0 Å². The molecule has 0 spiro atoms. The van der Waals surface area contributed by atoms with E-state index in [9.17, 15) is 4.39 Å². The summed E-state index contributed by atoms with van der Waals surface area (Å²) in [6.45, 7) is 5.65. The van der Waals surface area contributed by atoms with Crippen molar-refractivity contribution in [1.29, 1.82) is 0 Å². The fraction of sp³-hybridized carbons (Fsp3) is 0.100. The number of aromatic nitrogens is 1. The van der Waals surface area contributed by atoms with Crippen LogP contribution in [0.3, 0.4) is 0 Å². The summed E-state index contributed by atoms with van der Waals surface area (Å²) in [6, 6.07) is 1.41. The molecule has 0 aliphatic heterocycles. The molecule has 62 valence electrons. The van der Waals surface area contributed by atoms with Crippen LogP contribution in [-0.4, -0.2) is 4.98 Å². The third-order valence-electron chi connectivity index (χ3n) is 1.44. The van der Waals surface area contributed by atoms with E-state index in [1.807, 2.05) is 19.1 Å². The SMILES string of the molecule is C=C(/C=C\C)c1cncc(F)c1. The van der Waals surface area contributed by atoms with E-state index in [-0.39, 0.29) is 5.82 Å². The van der Waals surface area contributed by atoms with Gasteiger partial charge in [-0.25, -0.2) is 4.39 Å². The third-order valence-corrected chi connectivity index (χ3v) is 1.44. The Morgan fingerprint density at radius 2 is 2.33 bits per heavy atom. The topological polar surface area (TPSA) is 12.9 Å². The normalized spacial score (nSPS) is 10.5. The third kappa shape index (κ3) is 2.02. The Kier molecular flexibility index (Phi) is 2.75. The summed E-state index contributed by atoms with van der Waals surface area (Å²) in [5.41, 5.74) is 1.48. The number of nitrogens with zero attached hydrogens (tertiary/aromatic N) is 1. The summed E-state index contributed by atoms with van der Waals surface area (Å²) >= 11 is 0. The molecule has 1 rings (SSSR count). The number of hydrogen-bond acceptors (Lipinski definition) is 1. The van der Waals surface area contributed by atoms with Gasteiger partial charge in [0.1, 0.15) is 5.82 Å². The molecule has 0 N–H and O–H groups in total. The molecule has 1 nitrogen and oxygen atoms in total. The first-order chi connectivity index (χ1) is 5.74. The van der Waals surface area contributed by atoms with Gasteiger partial charge in [-0.05, 0) is 18.6 Å². The molecule has 0 saturated heterocycles. The average molecular weight is 163 g/mol. The van der Waals surface area contributed by atoms with E-state index in [0.717, 1.165) is 5.57 Å². The van der Waals surface area contributed by atoms with Crippen molar-refractivity contribution in [2.45, 2.75) is 6.92 Å². The van der Waals surface area contributed by atoms with Crippen molar-refractivity contribution in [3.8, 4) is 0 Å². The zero-order valence-electron chi connectivity index (χ0n) is 6.92. The van der Waals surface area contributed by atoms with Crippen LogP contribution in [0.2, 0.25) is 0 Å². The zero-order valence-corrected chi connectivity index (χ0v) is 6.92. The van der Waals surface area contributed by atoms with Crippen LogP contribution in [0.5, 0.6) is 0 Å². The Morgan fingerprint density at radius 1 is 1.58 bits per heavy atom. The first-order valence-electron chi connectivity index (χ1n) is 3.66. The van der Waals surface area contributed by atoms with Crippen molar-refractivity contribution in [1.82, 2.24) is 4.98 Å². The molecule has 2 heteroatoms. The monoisotopic (exact) mass is 163 g/mol. The van der Waals surface area contributed by atoms with Crippen molar-refractivity contribution in [2.24, 2.45) is 0 Å². The molecule has 0 saturated carbocycles. The second kappa shape index (κ2) is 3.81. The lowest BCUT2D eigenvalue weighted by Gasteiger charge is -1.98. The lowest BCUT2D eigenvalue weighted by Crippen LogP contribution is -1.83. The molecule has 0 aromatic carbocycles. The van der Waals surface area contributed by atoms with Crippen molar-refractivity contribution in [3.05, 3.63) is 48.6 Å². The maximum atomic E-state index is 12.6. The number of hydrogen-bond donors (Lipinski definition) is 0. The van der Waals surface area contributed by atoms with Gasteiger partial charge in [0.25, 0.3) is 0 Å². The quantitative estimate of drug-likeness (QED) is 0.611. The molecule has 1 aromatic rings. The summed E-state index contributed by atoms with van der Waals surface area (Å²) < 4.78 is 12.6. The molecule has 0 bridgehead atoms. The lowest BCUT2D eigenvalue weighted by molar-refractivity contribution is 0.621. The number of halogens is 1. The van der Waals surface area contributed by atoms with Gasteiger partial charge in [0.15, 0.2) is 0 Å². The molecule has 0 fully saturated rings. The van der Waals surface area contributed by atoms with Gasteiger partial charge in [0.2, 0.25) is 0 Å². The maximum Gasteiger partial charge on any atom is 0.142 e. The Hall–Kier alpha value is -1.44.